The molecule has 0 unspecified atom stereocenters. The maximum absolute atomic E-state index is 12.0. The van der Waals surface area contributed by atoms with Crippen LogP contribution in [0.4, 0.5) is 5.82 Å². The van der Waals surface area contributed by atoms with Crippen LogP contribution in [0.1, 0.15) is 32.0 Å². The summed E-state index contributed by atoms with van der Waals surface area (Å²) in [5.74, 6) is 0.481. The molecule has 1 aromatic heterocycles. The second kappa shape index (κ2) is 8.77. The normalized spacial score (nSPS) is 22.0. The summed E-state index contributed by atoms with van der Waals surface area (Å²) >= 11 is 0. The first kappa shape index (κ1) is 20.6. The lowest BCUT2D eigenvalue weighted by Crippen LogP contribution is -2.56. The van der Waals surface area contributed by atoms with E-state index in [0.29, 0.717) is 31.6 Å². The van der Waals surface area contributed by atoms with Crippen LogP contribution in [0.5, 0.6) is 0 Å². The van der Waals surface area contributed by atoms with E-state index in [1.807, 2.05) is 43.0 Å². The molecule has 0 amide bonds. The molecule has 0 radical (unpaired) electrons. The molecule has 0 bridgehead atoms. The fraction of sp³-hybridized carbons (Fsp3) is 0.474. The predicted octanol–water partition coefficient (Wildman–Crippen LogP) is 2.08. The number of piperidine rings is 1. The highest BCUT2D eigenvalue weighted by atomic mass is 16.4. The molecular formula is C19H25N3O5. The highest BCUT2D eigenvalue weighted by Crippen LogP contribution is 2.38. The molecule has 1 fully saturated rings. The predicted molar refractivity (Wildman–Crippen MR) is 101 cm³/mol. The zero-order valence-electron chi connectivity index (χ0n) is 15.5. The second-order valence-corrected chi connectivity index (χ2v) is 6.65. The van der Waals surface area contributed by atoms with Crippen molar-refractivity contribution in [2.45, 2.75) is 39.2 Å². The molecule has 1 aromatic carbocycles. The van der Waals surface area contributed by atoms with Gasteiger partial charge in [-0.15, -0.1) is 0 Å². The van der Waals surface area contributed by atoms with Crippen LogP contribution in [0.15, 0.2) is 24.3 Å². The van der Waals surface area contributed by atoms with Gasteiger partial charge in [-0.25, -0.2) is 9.97 Å². The lowest BCUT2D eigenvalue weighted by Gasteiger charge is -2.44. The van der Waals surface area contributed by atoms with E-state index in [1.54, 1.807) is 0 Å². The molecule has 1 aliphatic heterocycles. The first-order chi connectivity index (χ1) is 12.9. The quantitative estimate of drug-likeness (QED) is 0.694. The van der Waals surface area contributed by atoms with Crippen molar-refractivity contribution < 1.29 is 24.9 Å². The van der Waals surface area contributed by atoms with Crippen LogP contribution in [0.25, 0.3) is 10.9 Å². The molecular weight excluding hydrogens is 350 g/mol. The van der Waals surface area contributed by atoms with E-state index in [1.165, 1.54) is 0 Å². The molecule has 3 rings (SSSR count). The van der Waals surface area contributed by atoms with Crippen LogP contribution < -0.4 is 4.90 Å². The maximum atomic E-state index is 12.0. The van der Waals surface area contributed by atoms with Crippen LogP contribution in [-0.4, -0.2) is 56.9 Å². The number of aliphatic hydroxyl groups excluding tert-OH is 1. The van der Waals surface area contributed by atoms with E-state index < -0.39 is 17.5 Å². The van der Waals surface area contributed by atoms with Crippen molar-refractivity contribution in [3.63, 3.8) is 0 Å². The lowest BCUT2D eigenvalue weighted by molar-refractivity contribution is -0.158. The van der Waals surface area contributed by atoms with Crippen LogP contribution in [0.3, 0.4) is 0 Å². The third kappa shape index (κ3) is 4.16. The van der Waals surface area contributed by atoms with Gasteiger partial charge in [0.05, 0.1) is 11.6 Å². The van der Waals surface area contributed by atoms with E-state index in [-0.39, 0.29) is 13.0 Å². The number of aliphatic carboxylic acids is 1. The molecule has 0 spiro atoms. The molecule has 1 aliphatic rings. The third-order valence-corrected chi connectivity index (χ3v) is 4.90. The van der Waals surface area contributed by atoms with Crippen molar-refractivity contribution in [1.82, 2.24) is 9.97 Å². The number of aliphatic hydroxyl groups is 1. The van der Waals surface area contributed by atoms with E-state index in [9.17, 15) is 15.0 Å². The van der Waals surface area contributed by atoms with Gasteiger partial charge in [-0.05, 0) is 31.9 Å². The summed E-state index contributed by atoms with van der Waals surface area (Å²) < 4.78 is 0. The summed E-state index contributed by atoms with van der Waals surface area (Å²) in [7, 11) is 0. The van der Waals surface area contributed by atoms with Gasteiger partial charge < -0.3 is 20.2 Å². The van der Waals surface area contributed by atoms with E-state index in [2.05, 4.69) is 9.97 Å². The van der Waals surface area contributed by atoms with Crippen molar-refractivity contribution in [3.05, 3.63) is 30.1 Å². The number of para-hydroxylation sites is 1. The topological polar surface area (TPSA) is 124 Å². The van der Waals surface area contributed by atoms with Gasteiger partial charge in [0.1, 0.15) is 17.1 Å². The zero-order chi connectivity index (χ0) is 20.0. The van der Waals surface area contributed by atoms with Crippen LogP contribution >= 0.6 is 0 Å². The average molecular weight is 375 g/mol. The lowest BCUT2D eigenvalue weighted by atomic mass is 9.74. The highest BCUT2D eigenvalue weighted by molar-refractivity contribution is 5.90. The number of anilines is 1. The number of carbonyl (C=O) groups is 2. The number of aromatic nitrogens is 2. The number of fused-ring (bicyclic) bond motifs is 1. The van der Waals surface area contributed by atoms with Crippen LogP contribution in [-0.2, 0) is 9.59 Å². The first-order valence-corrected chi connectivity index (χ1v) is 8.87. The van der Waals surface area contributed by atoms with Gasteiger partial charge in [-0.2, -0.15) is 0 Å². The van der Waals surface area contributed by atoms with Crippen LogP contribution in [0, 0.1) is 12.3 Å². The molecule has 3 N–H and O–H groups in total. The van der Waals surface area contributed by atoms with Crippen molar-refractivity contribution in [2.24, 2.45) is 5.41 Å². The minimum atomic E-state index is -1.15. The Hall–Kier alpha value is -2.74. The molecule has 8 nitrogen and oxygen atoms in total. The Morgan fingerprint density at radius 3 is 2.67 bits per heavy atom. The van der Waals surface area contributed by atoms with Crippen molar-refractivity contribution in [2.75, 3.05) is 18.0 Å². The molecule has 0 aliphatic carbocycles. The summed E-state index contributed by atoms with van der Waals surface area (Å²) in [5, 5.41) is 28.0. The Labute approximate surface area is 157 Å². The molecule has 1 saturated heterocycles. The van der Waals surface area contributed by atoms with E-state index >= 15 is 0 Å². The van der Waals surface area contributed by atoms with Gasteiger partial charge in [0, 0.05) is 18.5 Å². The van der Waals surface area contributed by atoms with Crippen LogP contribution in [0.2, 0.25) is 0 Å². The number of hydrogen-bond donors (Lipinski definition) is 3. The smallest absolute Gasteiger partial charge is 0.314 e. The van der Waals surface area contributed by atoms with Gasteiger partial charge >= 0.3 is 5.97 Å². The minimum Gasteiger partial charge on any atom is -0.483 e. The molecule has 0 saturated carbocycles. The molecule has 2 aromatic rings. The number of carboxylic acids is 1. The molecule has 2 heterocycles. The van der Waals surface area contributed by atoms with Crippen molar-refractivity contribution in [3.8, 4) is 0 Å². The average Bonchev–Trinajstić information content (AvgIpc) is 2.63. The SMILES string of the molecule is CCC[C@]1(C(=O)O)CN(c2nc(C)nc3ccccc23)CC[C@H]1O.O=CO. The second-order valence-electron chi connectivity index (χ2n) is 6.65. The van der Waals surface area contributed by atoms with Gasteiger partial charge in [-0.1, -0.05) is 25.5 Å². The number of benzene rings is 1. The highest BCUT2D eigenvalue weighted by Gasteiger charge is 2.49. The van der Waals surface area contributed by atoms with Crippen molar-refractivity contribution in [1.29, 1.82) is 0 Å². The number of nitrogens with zero attached hydrogens (tertiary/aromatic N) is 3. The minimum absolute atomic E-state index is 0.250. The Balaban J connectivity index is 0.000000817. The fourth-order valence-corrected chi connectivity index (χ4v) is 3.68. The Morgan fingerprint density at radius 1 is 1.37 bits per heavy atom. The third-order valence-electron chi connectivity index (χ3n) is 4.90. The monoisotopic (exact) mass is 375 g/mol. The molecule has 2 atom stereocenters. The standard InChI is InChI=1S/C18H23N3O3.CH2O2/c1-3-9-18(17(23)24)11-21(10-8-15(18)22)16-13-6-4-5-7-14(13)19-12(2)20-16;2-1-3/h4-7,15,22H,3,8-11H2,1-2H3,(H,23,24);1H,(H,2,3)/t15-,18+;/m1./s1. The Morgan fingerprint density at radius 2 is 2.04 bits per heavy atom. The molecule has 27 heavy (non-hydrogen) atoms. The summed E-state index contributed by atoms with van der Waals surface area (Å²) in [4.78, 5) is 31.3. The Bertz CT molecular complexity index is 813. The van der Waals surface area contributed by atoms with E-state index in [0.717, 1.165) is 16.7 Å². The Kier molecular flexibility index (Phi) is 6.68. The summed E-state index contributed by atoms with van der Waals surface area (Å²) in [6.45, 7) is 4.38. The van der Waals surface area contributed by atoms with Gasteiger partial charge in [0.15, 0.2) is 0 Å². The van der Waals surface area contributed by atoms with Gasteiger partial charge in [0.2, 0.25) is 0 Å². The number of aryl methyl sites for hydroxylation is 1. The summed E-state index contributed by atoms with van der Waals surface area (Å²) in [6, 6.07) is 7.75. The fourth-order valence-electron chi connectivity index (χ4n) is 3.68. The molecule has 8 heteroatoms. The number of rotatable bonds is 4. The van der Waals surface area contributed by atoms with Gasteiger partial charge in [0.25, 0.3) is 6.47 Å². The summed E-state index contributed by atoms with van der Waals surface area (Å²) in [5.41, 5.74) is -0.296. The first-order valence-electron chi connectivity index (χ1n) is 8.87. The summed E-state index contributed by atoms with van der Waals surface area (Å²) in [6.07, 6.45) is 0.743. The number of carboxylic acid groups (broad SMARTS) is 2. The van der Waals surface area contributed by atoms with E-state index in [4.69, 9.17) is 9.90 Å². The number of hydrogen-bond acceptors (Lipinski definition) is 6. The van der Waals surface area contributed by atoms with Gasteiger partial charge in [-0.3, -0.25) is 9.59 Å². The largest absolute Gasteiger partial charge is 0.483 e. The zero-order valence-corrected chi connectivity index (χ0v) is 15.5. The van der Waals surface area contributed by atoms with Crippen molar-refractivity contribution >= 4 is 29.2 Å². The maximum Gasteiger partial charge on any atom is 0.314 e. The molecule has 146 valence electrons.